The molecule has 0 nitrogen and oxygen atoms in total. The molecule has 0 N–H and O–H groups in total. The highest BCUT2D eigenvalue weighted by atomic mass is 14.3. The second kappa shape index (κ2) is 9.97. The van der Waals surface area contributed by atoms with Gasteiger partial charge in [0.1, 0.15) is 0 Å². The van der Waals surface area contributed by atoms with Crippen LogP contribution in [0.5, 0.6) is 0 Å². The molecule has 0 unspecified atom stereocenters. The van der Waals surface area contributed by atoms with E-state index in [9.17, 15) is 0 Å². The topological polar surface area (TPSA) is 0 Å². The minimum absolute atomic E-state index is 0.569. The fraction of sp³-hybridized carbons (Fsp3) is 1.00. The molecule has 0 radical (unpaired) electrons. The molecule has 17 heavy (non-hydrogen) atoms. The average Bonchev–Trinajstić information content (AvgIpc) is 2.29. The monoisotopic (exact) mass is 240 g/mol. The van der Waals surface area contributed by atoms with E-state index in [1.807, 2.05) is 0 Å². The summed E-state index contributed by atoms with van der Waals surface area (Å²) in [7, 11) is 0. The zero-order chi connectivity index (χ0) is 13.1. The van der Waals surface area contributed by atoms with Crippen LogP contribution in [-0.2, 0) is 0 Å². The van der Waals surface area contributed by atoms with Gasteiger partial charge in [-0.2, -0.15) is 0 Å². The van der Waals surface area contributed by atoms with Crippen molar-refractivity contribution in [1.82, 2.24) is 0 Å². The Labute approximate surface area is 111 Å². The maximum absolute atomic E-state index is 2.51. The molecular formula is C17H36. The van der Waals surface area contributed by atoms with Crippen LogP contribution in [-0.4, -0.2) is 0 Å². The van der Waals surface area contributed by atoms with Crippen LogP contribution >= 0.6 is 0 Å². The number of hydrogen-bond donors (Lipinski definition) is 0. The normalized spacial score (nSPS) is 12.4. The molecule has 0 aliphatic rings. The molecule has 0 bridgehead atoms. The summed E-state index contributed by atoms with van der Waals surface area (Å²) in [5, 5.41) is 0. The highest BCUT2D eigenvalue weighted by Gasteiger charge is 2.27. The van der Waals surface area contributed by atoms with Crippen molar-refractivity contribution in [3.05, 3.63) is 0 Å². The second-order valence-electron chi connectivity index (χ2n) is 6.43. The van der Waals surface area contributed by atoms with E-state index in [0.717, 1.165) is 5.92 Å². The lowest BCUT2D eigenvalue weighted by Crippen LogP contribution is -2.24. The lowest BCUT2D eigenvalue weighted by molar-refractivity contribution is 0.160. The number of rotatable bonds is 11. The summed E-state index contributed by atoms with van der Waals surface area (Å²) in [5.74, 6) is 0.958. The smallest absolute Gasteiger partial charge is 0.0326 e. The van der Waals surface area contributed by atoms with E-state index in [0.29, 0.717) is 5.41 Å². The molecule has 0 atom stereocenters. The number of unbranched alkanes of at least 4 members (excludes halogenated alkanes) is 4. The van der Waals surface area contributed by atoms with Gasteiger partial charge in [0.25, 0.3) is 0 Å². The van der Waals surface area contributed by atoms with Crippen molar-refractivity contribution in [2.24, 2.45) is 11.3 Å². The molecule has 0 aromatic heterocycles. The first-order chi connectivity index (χ1) is 8.08. The Hall–Kier alpha value is 0. The number of hydrogen-bond acceptors (Lipinski definition) is 0. The first-order valence-electron chi connectivity index (χ1n) is 8.08. The summed E-state index contributed by atoms with van der Waals surface area (Å²) >= 11 is 0. The van der Waals surface area contributed by atoms with Crippen LogP contribution in [0, 0.1) is 11.3 Å². The van der Waals surface area contributed by atoms with Crippen LogP contribution in [0.4, 0.5) is 0 Å². The summed E-state index contributed by atoms with van der Waals surface area (Å²) in [6, 6.07) is 0. The fourth-order valence-electron chi connectivity index (χ4n) is 2.86. The van der Waals surface area contributed by atoms with Crippen molar-refractivity contribution in [3.8, 4) is 0 Å². The molecule has 0 aliphatic carbocycles. The molecule has 0 fully saturated rings. The summed E-state index contributed by atoms with van der Waals surface area (Å²) in [6.45, 7) is 12.0. The quantitative estimate of drug-likeness (QED) is 0.357. The summed E-state index contributed by atoms with van der Waals surface area (Å²) in [5.41, 5.74) is 0.569. The largest absolute Gasteiger partial charge is 0.0654 e. The van der Waals surface area contributed by atoms with Gasteiger partial charge < -0.3 is 0 Å². The van der Waals surface area contributed by atoms with Crippen LogP contribution in [0.1, 0.15) is 98.8 Å². The summed E-state index contributed by atoms with van der Waals surface area (Å²) < 4.78 is 0. The molecule has 0 aliphatic heterocycles. The third kappa shape index (κ3) is 7.84. The average molecular weight is 240 g/mol. The standard InChI is InChI=1S/C17H36/c1-6-9-12-15-17(4,5)16(13-10-7-2)14-11-8-3/h16H,6-15H2,1-5H3. The Morgan fingerprint density at radius 1 is 0.706 bits per heavy atom. The molecule has 0 rings (SSSR count). The van der Waals surface area contributed by atoms with Crippen LogP contribution in [0.2, 0.25) is 0 Å². The van der Waals surface area contributed by atoms with E-state index in [1.54, 1.807) is 0 Å². The van der Waals surface area contributed by atoms with Gasteiger partial charge in [-0.05, 0) is 30.6 Å². The summed E-state index contributed by atoms with van der Waals surface area (Å²) in [4.78, 5) is 0. The van der Waals surface area contributed by atoms with Crippen molar-refractivity contribution in [2.75, 3.05) is 0 Å². The third-order valence-electron chi connectivity index (χ3n) is 4.34. The molecule has 0 aromatic rings. The molecule has 0 saturated heterocycles. The van der Waals surface area contributed by atoms with Gasteiger partial charge in [-0.15, -0.1) is 0 Å². The van der Waals surface area contributed by atoms with Gasteiger partial charge in [0.15, 0.2) is 0 Å². The first kappa shape index (κ1) is 17.0. The maximum Gasteiger partial charge on any atom is -0.0326 e. The fourth-order valence-corrected chi connectivity index (χ4v) is 2.86. The van der Waals surface area contributed by atoms with Gasteiger partial charge in [-0.25, -0.2) is 0 Å². The van der Waals surface area contributed by atoms with Gasteiger partial charge in [-0.1, -0.05) is 79.6 Å². The van der Waals surface area contributed by atoms with Crippen molar-refractivity contribution in [1.29, 1.82) is 0 Å². The molecular weight excluding hydrogens is 204 g/mol. The predicted octanol–water partition coefficient (Wildman–Crippen LogP) is 6.59. The Kier molecular flexibility index (Phi) is 9.97. The predicted molar refractivity (Wildman–Crippen MR) is 80.5 cm³/mol. The Bertz CT molecular complexity index is 149. The second-order valence-corrected chi connectivity index (χ2v) is 6.43. The Morgan fingerprint density at radius 2 is 1.18 bits per heavy atom. The maximum atomic E-state index is 2.51. The summed E-state index contributed by atoms with van der Waals surface area (Å²) in [6.07, 6.45) is 14.1. The van der Waals surface area contributed by atoms with Gasteiger partial charge in [-0.3, -0.25) is 0 Å². The van der Waals surface area contributed by atoms with Crippen molar-refractivity contribution >= 4 is 0 Å². The van der Waals surface area contributed by atoms with Crippen molar-refractivity contribution in [2.45, 2.75) is 98.8 Å². The zero-order valence-electron chi connectivity index (χ0n) is 13.1. The van der Waals surface area contributed by atoms with E-state index in [4.69, 9.17) is 0 Å². The van der Waals surface area contributed by atoms with Gasteiger partial charge in [0.05, 0.1) is 0 Å². The van der Waals surface area contributed by atoms with Crippen LogP contribution in [0.25, 0.3) is 0 Å². The minimum atomic E-state index is 0.569. The molecule has 0 spiro atoms. The Balaban J connectivity index is 4.18. The van der Waals surface area contributed by atoms with Gasteiger partial charge in [0, 0.05) is 0 Å². The molecule has 0 saturated carbocycles. The van der Waals surface area contributed by atoms with Gasteiger partial charge >= 0.3 is 0 Å². The molecule has 0 amide bonds. The van der Waals surface area contributed by atoms with E-state index in [-0.39, 0.29) is 0 Å². The van der Waals surface area contributed by atoms with E-state index in [2.05, 4.69) is 34.6 Å². The third-order valence-corrected chi connectivity index (χ3v) is 4.34. The molecule has 0 heteroatoms. The first-order valence-corrected chi connectivity index (χ1v) is 8.08. The zero-order valence-corrected chi connectivity index (χ0v) is 13.1. The SMILES string of the molecule is CCCCCC(C)(C)C(CCCC)CCCC. The van der Waals surface area contributed by atoms with E-state index < -0.39 is 0 Å². The van der Waals surface area contributed by atoms with Crippen LogP contribution < -0.4 is 0 Å². The highest BCUT2D eigenvalue weighted by Crippen LogP contribution is 2.39. The Morgan fingerprint density at radius 3 is 1.59 bits per heavy atom. The lowest BCUT2D eigenvalue weighted by Gasteiger charge is -2.35. The minimum Gasteiger partial charge on any atom is -0.0654 e. The van der Waals surface area contributed by atoms with E-state index in [1.165, 1.54) is 64.2 Å². The van der Waals surface area contributed by atoms with Gasteiger partial charge in [0.2, 0.25) is 0 Å². The van der Waals surface area contributed by atoms with Crippen LogP contribution in [0.3, 0.4) is 0 Å². The van der Waals surface area contributed by atoms with Crippen molar-refractivity contribution in [3.63, 3.8) is 0 Å². The van der Waals surface area contributed by atoms with Crippen LogP contribution in [0.15, 0.2) is 0 Å². The molecule has 104 valence electrons. The van der Waals surface area contributed by atoms with E-state index >= 15 is 0 Å². The highest BCUT2D eigenvalue weighted by molar-refractivity contribution is 4.78. The van der Waals surface area contributed by atoms with Crippen molar-refractivity contribution < 1.29 is 0 Å². The lowest BCUT2D eigenvalue weighted by atomic mass is 9.71. The molecule has 0 heterocycles. The molecule has 0 aromatic carbocycles.